The maximum absolute atomic E-state index is 12.0. The Kier molecular flexibility index (Phi) is 5.15. The van der Waals surface area contributed by atoms with Crippen LogP contribution in [0.4, 0.5) is 0 Å². The van der Waals surface area contributed by atoms with Crippen molar-refractivity contribution in [2.75, 3.05) is 14.1 Å². The van der Waals surface area contributed by atoms with Gasteiger partial charge in [-0.2, -0.15) is 0 Å². The van der Waals surface area contributed by atoms with Gasteiger partial charge in [-0.1, -0.05) is 30.3 Å². The van der Waals surface area contributed by atoms with E-state index in [9.17, 15) is 9.90 Å². The van der Waals surface area contributed by atoms with Crippen molar-refractivity contribution in [1.29, 1.82) is 0 Å². The van der Waals surface area contributed by atoms with Gasteiger partial charge < -0.3 is 15.3 Å². The molecule has 1 aliphatic rings. The zero-order chi connectivity index (χ0) is 14.5. The second-order valence-electron chi connectivity index (χ2n) is 5.78. The van der Waals surface area contributed by atoms with Crippen molar-refractivity contribution >= 4 is 5.91 Å². The summed E-state index contributed by atoms with van der Waals surface area (Å²) in [6.45, 7) is 0.728. The Hall–Kier alpha value is -1.39. The lowest BCUT2D eigenvalue weighted by atomic mass is 9.83. The zero-order valence-electron chi connectivity index (χ0n) is 12.2. The predicted octanol–water partition coefficient (Wildman–Crippen LogP) is 1.39. The number of aliphatic hydroxyl groups excluding tert-OH is 1. The number of nitrogens with one attached hydrogen (secondary N) is 1. The number of rotatable bonds is 4. The van der Waals surface area contributed by atoms with Crippen molar-refractivity contribution < 1.29 is 9.90 Å². The monoisotopic (exact) mass is 276 g/mol. The fourth-order valence-corrected chi connectivity index (χ4v) is 2.81. The van der Waals surface area contributed by atoms with Crippen LogP contribution in [0.2, 0.25) is 0 Å². The Labute approximate surface area is 120 Å². The molecule has 1 fully saturated rings. The molecule has 110 valence electrons. The van der Waals surface area contributed by atoms with E-state index in [4.69, 9.17) is 0 Å². The molecule has 1 aliphatic carbocycles. The van der Waals surface area contributed by atoms with Crippen molar-refractivity contribution in [1.82, 2.24) is 10.2 Å². The van der Waals surface area contributed by atoms with Gasteiger partial charge in [-0.3, -0.25) is 4.79 Å². The van der Waals surface area contributed by atoms with Crippen LogP contribution in [0.25, 0.3) is 0 Å². The Balaban J connectivity index is 1.90. The average molecular weight is 276 g/mol. The van der Waals surface area contributed by atoms with Crippen molar-refractivity contribution in [2.45, 2.75) is 38.0 Å². The summed E-state index contributed by atoms with van der Waals surface area (Å²) in [4.78, 5) is 13.7. The van der Waals surface area contributed by atoms with E-state index in [1.165, 1.54) is 5.56 Å². The summed E-state index contributed by atoms with van der Waals surface area (Å²) in [5, 5.41) is 13.5. The molecule has 0 bridgehead atoms. The molecule has 0 unspecified atom stereocenters. The molecule has 1 amide bonds. The molecular formula is C16H24N2O2. The maximum atomic E-state index is 12.0. The molecule has 1 aromatic carbocycles. The second kappa shape index (κ2) is 6.86. The van der Waals surface area contributed by atoms with Gasteiger partial charge in [-0.05, 0) is 24.8 Å². The fraction of sp³-hybridized carbons (Fsp3) is 0.562. The van der Waals surface area contributed by atoms with E-state index in [1.807, 2.05) is 18.2 Å². The largest absolute Gasteiger partial charge is 0.392 e. The first-order valence-corrected chi connectivity index (χ1v) is 7.24. The van der Waals surface area contributed by atoms with Crippen LogP contribution in [0.3, 0.4) is 0 Å². The van der Waals surface area contributed by atoms with Crippen LogP contribution in [0.1, 0.15) is 24.8 Å². The average Bonchev–Trinajstić information content (AvgIpc) is 2.46. The van der Waals surface area contributed by atoms with Gasteiger partial charge in [0.05, 0.1) is 6.10 Å². The highest BCUT2D eigenvalue weighted by Crippen LogP contribution is 2.26. The Morgan fingerprint density at radius 1 is 1.30 bits per heavy atom. The van der Waals surface area contributed by atoms with Crippen LogP contribution in [0.5, 0.6) is 0 Å². The third-order valence-corrected chi connectivity index (χ3v) is 4.02. The second-order valence-corrected chi connectivity index (χ2v) is 5.78. The predicted molar refractivity (Wildman–Crippen MR) is 79.1 cm³/mol. The highest BCUT2D eigenvalue weighted by molar-refractivity contribution is 5.78. The summed E-state index contributed by atoms with van der Waals surface area (Å²) in [5.74, 6) is 0.199. The van der Waals surface area contributed by atoms with Gasteiger partial charge in [0.1, 0.15) is 0 Å². The van der Waals surface area contributed by atoms with E-state index in [0.29, 0.717) is 12.8 Å². The van der Waals surface area contributed by atoms with E-state index in [0.717, 1.165) is 13.0 Å². The van der Waals surface area contributed by atoms with E-state index >= 15 is 0 Å². The smallest absolute Gasteiger partial charge is 0.225 e. The van der Waals surface area contributed by atoms with Gasteiger partial charge in [0.2, 0.25) is 5.91 Å². The number of benzene rings is 1. The summed E-state index contributed by atoms with van der Waals surface area (Å²) in [6, 6.07) is 10.1. The van der Waals surface area contributed by atoms with E-state index in [-0.39, 0.29) is 24.0 Å². The minimum absolute atomic E-state index is 0.00199. The molecule has 3 atom stereocenters. The highest BCUT2D eigenvalue weighted by atomic mass is 16.3. The van der Waals surface area contributed by atoms with Crippen LogP contribution in [-0.4, -0.2) is 42.2 Å². The Bertz CT molecular complexity index is 433. The molecule has 0 spiro atoms. The topological polar surface area (TPSA) is 52.6 Å². The maximum Gasteiger partial charge on any atom is 0.225 e. The third-order valence-electron chi connectivity index (χ3n) is 4.02. The van der Waals surface area contributed by atoms with Crippen molar-refractivity contribution in [3.63, 3.8) is 0 Å². The van der Waals surface area contributed by atoms with Crippen LogP contribution >= 0.6 is 0 Å². The van der Waals surface area contributed by atoms with Crippen molar-refractivity contribution in [3.8, 4) is 0 Å². The molecule has 0 saturated heterocycles. The lowest BCUT2D eigenvalue weighted by molar-refractivity contribution is -0.135. The van der Waals surface area contributed by atoms with Gasteiger partial charge in [-0.25, -0.2) is 0 Å². The molecular weight excluding hydrogens is 252 g/mol. The van der Waals surface area contributed by atoms with Gasteiger partial charge >= 0.3 is 0 Å². The number of hydrogen-bond donors (Lipinski definition) is 2. The highest BCUT2D eigenvalue weighted by Gasteiger charge is 2.33. The minimum Gasteiger partial charge on any atom is -0.392 e. The van der Waals surface area contributed by atoms with Gasteiger partial charge in [0.25, 0.3) is 0 Å². The zero-order valence-corrected chi connectivity index (χ0v) is 12.2. The molecule has 0 aromatic heterocycles. The first kappa shape index (κ1) is 15.0. The standard InChI is InChI=1S/C16H24N2O2/c1-18(2)16(20)13-8-9-15(19)14(10-13)17-11-12-6-4-3-5-7-12/h3-7,13-15,17,19H,8-11H2,1-2H3/t13-,14+,15+/m0/s1. The number of carbonyl (C=O) groups excluding carboxylic acids is 1. The van der Waals surface area contributed by atoms with Crippen LogP contribution in [0, 0.1) is 5.92 Å². The van der Waals surface area contributed by atoms with Crippen LogP contribution < -0.4 is 5.32 Å². The number of amides is 1. The van der Waals surface area contributed by atoms with E-state index < -0.39 is 0 Å². The summed E-state index contributed by atoms with van der Waals surface area (Å²) < 4.78 is 0. The summed E-state index contributed by atoms with van der Waals surface area (Å²) in [7, 11) is 3.58. The third kappa shape index (κ3) is 3.81. The fourth-order valence-electron chi connectivity index (χ4n) is 2.81. The molecule has 4 nitrogen and oxygen atoms in total. The summed E-state index contributed by atoms with van der Waals surface area (Å²) in [6.07, 6.45) is 1.83. The van der Waals surface area contributed by atoms with E-state index in [1.54, 1.807) is 19.0 Å². The summed E-state index contributed by atoms with van der Waals surface area (Å²) >= 11 is 0. The van der Waals surface area contributed by atoms with Gasteiger partial charge in [0, 0.05) is 32.6 Å². The Morgan fingerprint density at radius 2 is 2.00 bits per heavy atom. The quantitative estimate of drug-likeness (QED) is 0.874. The molecule has 20 heavy (non-hydrogen) atoms. The molecule has 4 heteroatoms. The molecule has 0 aliphatic heterocycles. The molecule has 0 heterocycles. The number of aliphatic hydroxyl groups is 1. The molecule has 2 N–H and O–H groups in total. The number of nitrogens with zero attached hydrogens (tertiary/aromatic N) is 1. The first-order valence-electron chi connectivity index (χ1n) is 7.24. The number of hydrogen-bond acceptors (Lipinski definition) is 3. The molecule has 1 aromatic rings. The summed E-state index contributed by atoms with van der Waals surface area (Å²) in [5.41, 5.74) is 1.20. The Morgan fingerprint density at radius 3 is 2.65 bits per heavy atom. The van der Waals surface area contributed by atoms with Crippen molar-refractivity contribution in [2.24, 2.45) is 5.92 Å². The van der Waals surface area contributed by atoms with E-state index in [2.05, 4.69) is 17.4 Å². The molecule has 1 saturated carbocycles. The van der Waals surface area contributed by atoms with Gasteiger partial charge in [-0.15, -0.1) is 0 Å². The van der Waals surface area contributed by atoms with Crippen LogP contribution in [-0.2, 0) is 11.3 Å². The first-order chi connectivity index (χ1) is 9.58. The minimum atomic E-state index is -0.357. The molecule has 0 radical (unpaired) electrons. The normalized spacial score (nSPS) is 26.2. The molecule has 2 rings (SSSR count). The van der Waals surface area contributed by atoms with Gasteiger partial charge in [0.15, 0.2) is 0 Å². The lowest BCUT2D eigenvalue weighted by Gasteiger charge is -2.34. The van der Waals surface area contributed by atoms with Crippen LogP contribution in [0.15, 0.2) is 30.3 Å². The SMILES string of the molecule is CN(C)C(=O)[C@H]1CC[C@@H](O)[C@H](NCc2ccccc2)C1. The lowest BCUT2D eigenvalue weighted by Crippen LogP contribution is -2.47. The number of carbonyl (C=O) groups is 1. The van der Waals surface area contributed by atoms with Crippen molar-refractivity contribution in [3.05, 3.63) is 35.9 Å².